The second kappa shape index (κ2) is 9.39. The summed E-state index contributed by atoms with van der Waals surface area (Å²) in [7, 11) is 0. The van der Waals surface area contributed by atoms with Crippen LogP contribution in [0.15, 0.2) is 41.8 Å². The van der Waals surface area contributed by atoms with Crippen molar-refractivity contribution in [3.63, 3.8) is 0 Å². The molecule has 0 spiro atoms. The minimum absolute atomic E-state index is 0.0640. The van der Waals surface area contributed by atoms with Gasteiger partial charge in [-0.1, -0.05) is 32.0 Å². The van der Waals surface area contributed by atoms with Gasteiger partial charge in [-0.2, -0.15) is 0 Å². The molecule has 1 aromatic carbocycles. The zero-order valence-corrected chi connectivity index (χ0v) is 15.6. The Bertz CT molecular complexity index is 651. The number of thiophene rings is 1. The molecule has 0 aliphatic rings. The van der Waals surface area contributed by atoms with E-state index in [0.29, 0.717) is 17.5 Å². The van der Waals surface area contributed by atoms with Crippen molar-refractivity contribution in [2.24, 2.45) is 0 Å². The van der Waals surface area contributed by atoms with Crippen molar-refractivity contribution in [3.8, 4) is 0 Å². The molecule has 0 unspecified atom stereocenters. The summed E-state index contributed by atoms with van der Waals surface area (Å²) < 4.78 is 0. The first-order valence-electron chi connectivity index (χ1n) is 8.03. The Labute approximate surface area is 152 Å². The molecule has 0 saturated heterocycles. The van der Waals surface area contributed by atoms with Crippen LogP contribution >= 0.6 is 23.6 Å². The molecule has 24 heavy (non-hydrogen) atoms. The van der Waals surface area contributed by atoms with E-state index in [1.165, 1.54) is 10.4 Å². The van der Waals surface area contributed by atoms with Crippen molar-refractivity contribution >= 4 is 40.3 Å². The third-order valence-electron chi connectivity index (χ3n) is 3.56. The van der Waals surface area contributed by atoms with E-state index in [2.05, 4.69) is 53.6 Å². The van der Waals surface area contributed by atoms with Crippen LogP contribution < -0.4 is 16.2 Å². The van der Waals surface area contributed by atoms with Gasteiger partial charge in [0, 0.05) is 17.0 Å². The van der Waals surface area contributed by atoms with Gasteiger partial charge in [-0.05, 0) is 60.1 Å². The first kappa shape index (κ1) is 18.4. The number of hydrogen-bond acceptors (Lipinski definition) is 3. The summed E-state index contributed by atoms with van der Waals surface area (Å²) >= 11 is 6.90. The van der Waals surface area contributed by atoms with E-state index in [1.807, 2.05) is 18.2 Å². The van der Waals surface area contributed by atoms with Crippen LogP contribution in [0.3, 0.4) is 0 Å². The number of nitrogens with one attached hydrogen (secondary N) is 3. The smallest absolute Gasteiger partial charge is 0.238 e. The van der Waals surface area contributed by atoms with E-state index in [1.54, 1.807) is 11.3 Å². The Morgan fingerprint density at radius 3 is 2.54 bits per heavy atom. The van der Waals surface area contributed by atoms with Gasteiger partial charge in [-0.25, -0.2) is 0 Å². The highest BCUT2D eigenvalue weighted by molar-refractivity contribution is 7.80. The number of anilines is 1. The van der Waals surface area contributed by atoms with Gasteiger partial charge >= 0.3 is 0 Å². The first-order chi connectivity index (χ1) is 11.5. The van der Waals surface area contributed by atoms with Gasteiger partial charge in [0.2, 0.25) is 5.91 Å². The lowest BCUT2D eigenvalue weighted by Gasteiger charge is -2.12. The van der Waals surface area contributed by atoms with Gasteiger partial charge in [-0.15, -0.1) is 11.3 Å². The number of hydrazine groups is 1. The molecule has 1 aromatic heterocycles. The van der Waals surface area contributed by atoms with Gasteiger partial charge in [0.15, 0.2) is 5.11 Å². The lowest BCUT2D eigenvalue weighted by molar-refractivity contribution is -0.121. The largest absolute Gasteiger partial charge is 0.331 e. The van der Waals surface area contributed by atoms with Crippen LogP contribution in [-0.4, -0.2) is 11.0 Å². The van der Waals surface area contributed by atoms with Crippen LogP contribution in [0.2, 0.25) is 0 Å². The summed E-state index contributed by atoms with van der Waals surface area (Å²) in [6.45, 7) is 4.31. The van der Waals surface area contributed by atoms with Crippen molar-refractivity contribution in [1.29, 1.82) is 0 Å². The van der Waals surface area contributed by atoms with Gasteiger partial charge in [0.05, 0.1) is 0 Å². The predicted octanol–water partition coefficient (Wildman–Crippen LogP) is 4.21. The van der Waals surface area contributed by atoms with Gasteiger partial charge in [0.25, 0.3) is 0 Å². The molecular formula is C18H23N3OS2. The molecule has 0 aliphatic heterocycles. The fourth-order valence-electron chi connectivity index (χ4n) is 2.18. The molecule has 0 aliphatic carbocycles. The number of amides is 1. The van der Waals surface area contributed by atoms with E-state index < -0.39 is 0 Å². The summed E-state index contributed by atoms with van der Waals surface area (Å²) in [6.07, 6.45) is 2.22. The number of carbonyl (C=O) groups excluding carboxylic acids is 1. The molecule has 0 saturated carbocycles. The van der Waals surface area contributed by atoms with Crippen LogP contribution in [0.5, 0.6) is 0 Å². The number of rotatable bonds is 6. The van der Waals surface area contributed by atoms with E-state index in [0.717, 1.165) is 18.5 Å². The minimum Gasteiger partial charge on any atom is -0.331 e. The van der Waals surface area contributed by atoms with Crippen LogP contribution in [0, 0.1) is 0 Å². The molecule has 1 heterocycles. The van der Waals surface area contributed by atoms with Crippen molar-refractivity contribution in [3.05, 3.63) is 52.2 Å². The molecule has 0 fully saturated rings. The van der Waals surface area contributed by atoms with E-state index in [4.69, 9.17) is 12.2 Å². The molecular weight excluding hydrogens is 338 g/mol. The van der Waals surface area contributed by atoms with Crippen molar-refractivity contribution in [1.82, 2.24) is 10.9 Å². The maximum absolute atomic E-state index is 11.8. The minimum atomic E-state index is -0.0640. The zero-order chi connectivity index (χ0) is 17.4. The molecule has 3 N–H and O–H groups in total. The second-order valence-corrected chi connectivity index (χ2v) is 7.28. The quantitative estimate of drug-likeness (QED) is 0.533. The molecule has 4 nitrogen and oxygen atoms in total. The normalized spacial score (nSPS) is 10.5. The summed E-state index contributed by atoms with van der Waals surface area (Å²) in [4.78, 5) is 13.1. The molecule has 2 rings (SSSR count). The highest BCUT2D eigenvalue weighted by Gasteiger charge is 2.04. The van der Waals surface area contributed by atoms with Gasteiger partial charge in [-0.3, -0.25) is 15.6 Å². The summed E-state index contributed by atoms with van der Waals surface area (Å²) in [5.41, 5.74) is 7.53. The summed E-state index contributed by atoms with van der Waals surface area (Å²) in [5, 5.41) is 5.47. The Morgan fingerprint density at radius 1 is 1.17 bits per heavy atom. The maximum Gasteiger partial charge on any atom is 0.238 e. The Hall–Kier alpha value is -1.92. The molecule has 6 heteroatoms. The number of hydrogen-bond donors (Lipinski definition) is 3. The lowest BCUT2D eigenvalue weighted by Crippen LogP contribution is -2.43. The van der Waals surface area contributed by atoms with E-state index in [-0.39, 0.29) is 5.91 Å². The highest BCUT2D eigenvalue weighted by Crippen LogP contribution is 2.17. The van der Waals surface area contributed by atoms with Crippen molar-refractivity contribution < 1.29 is 4.79 Å². The topological polar surface area (TPSA) is 53.2 Å². The van der Waals surface area contributed by atoms with E-state index in [9.17, 15) is 4.79 Å². The molecule has 0 bridgehead atoms. The van der Waals surface area contributed by atoms with Crippen molar-refractivity contribution in [2.75, 3.05) is 5.32 Å². The average Bonchev–Trinajstić information content (AvgIpc) is 3.07. The fraction of sp³-hybridized carbons (Fsp3) is 0.333. The molecule has 0 atom stereocenters. The molecule has 128 valence electrons. The van der Waals surface area contributed by atoms with Crippen molar-refractivity contribution in [2.45, 2.75) is 39.0 Å². The zero-order valence-electron chi connectivity index (χ0n) is 14.0. The first-order valence-corrected chi connectivity index (χ1v) is 9.31. The molecule has 2 aromatic rings. The number of aryl methyl sites for hydroxylation is 1. The second-order valence-electron chi connectivity index (χ2n) is 5.84. The molecule has 0 radical (unpaired) electrons. The van der Waals surface area contributed by atoms with Gasteiger partial charge in [0.1, 0.15) is 0 Å². The fourth-order valence-corrected chi connectivity index (χ4v) is 3.10. The monoisotopic (exact) mass is 361 g/mol. The SMILES string of the molecule is CC(C)c1ccc(NC(=S)NNC(=O)CCCc2cccs2)cc1. The molecule has 1 amide bonds. The number of benzene rings is 1. The summed E-state index contributed by atoms with van der Waals surface area (Å²) in [6, 6.07) is 12.2. The maximum atomic E-state index is 11.8. The van der Waals surface area contributed by atoms with Crippen LogP contribution in [0.25, 0.3) is 0 Å². The van der Waals surface area contributed by atoms with Crippen LogP contribution in [-0.2, 0) is 11.2 Å². The standard InChI is InChI=1S/C18H23N3OS2/c1-13(2)14-8-10-15(11-9-14)19-18(23)21-20-17(22)7-3-5-16-6-4-12-24-16/h4,6,8-13H,3,5,7H2,1-2H3,(H,20,22)(H2,19,21,23). The predicted molar refractivity (Wildman–Crippen MR) is 105 cm³/mol. The van der Waals surface area contributed by atoms with E-state index >= 15 is 0 Å². The summed E-state index contributed by atoms with van der Waals surface area (Å²) in [5.74, 6) is 0.434. The Morgan fingerprint density at radius 2 is 1.92 bits per heavy atom. The average molecular weight is 362 g/mol. The lowest BCUT2D eigenvalue weighted by atomic mass is 10.0. The van der Waals surface area contributed by atoms with Crippen LogP contribution in [0.1, 0.15) is 43.0 Å². The third kappa shape index (κ3) is 6.29. The number of thiocarbonyl (C=S) groups is 1. The highest BCUT2D eigenvalue weighted by atomic mass is 32.1. The van der Waals surface area contributed by atoms with Crippen LogP contribution in [0.4, 0.5) is 5.69 Å². The Balaban J connectivity index is 1.65. The number of carbonyl (C=O) groups is 1. The Kier molecular flexibility index (Phi) is 7.21. The van der Waals surface area contributed by atoms with Gasteiger partial charge < -0.3 is 5.32 Å². The third-order valence-corrected chi connectivity index (χ3v) is 4.70.